The molecule has 4 aromatic rings. The Kier molecular flexibility index (Phi) is 15.0. The SMILES string of the molecule is COc1ccc(S(=O)(=O)N(CC(C)C)C[C@H]2OC(C)(C)N(C(=O)OC(C)(C)C)[C@H]2Cc2ccc(N3CC[C@H](Oc4ccccc4-n4nc5c(c4C(=O)OCC(C)C)CC(C)(C)CC5)C3)cc2)cc1. The minimum Gasteiger partial charge on any atom is -0.497 e. The molecular formula is C53H73N5O9S. The molecule has 0 N–H and O–H groups in total. The number of esters is 1. The van der Waals surface area contributed by atoms with Crippen LogP contribution in [0.5, 0.6) is 11.5 Å². The minimum absolute atomic E-state index is 0.0169. The zero-order valence-electron chi connectivity index (χ0n) is 42.2. The van der Waals surface area contributed by atoms with E-state index in [1.807, 2.05) is 86.6 Å². The maximum atomic E-state index is 14.3. The molecule has 0 unspecified atom stereocenters. The highest BCUT2D eigenvalue weighted by molar-refractivity contribution is 7.89. The fourth-order valence-electron chi connectivity index (χ4n) is 9.55. The van der Waals surface area contributed by atoms with Crippen LogP contribution in [-0.2, 0) is 43.5 Å². The van der Waals surface area contributed by atoms with E-state index in [2.05, 4.69) is 43.0 Å². The number of ether oxygens (including phenoxy) is 5. The van der Waals surface area contributed by atoms with Crippen LogP contribution in [0.4, 0.5) is 10.5 Å². The molecule has 15 heteroatoms. The van der Waals surface area contributed by atoms with Gasteiger partial charge >= 0.3 is 12.1 Å². The Labute approximate surface area is 404 Å². The summed E-state index contributed by atoms with van der Waals surface area (Å²) in [6, 6.07) is 21.9. The second-order valence-electron chi connectivity index (χ2n) is 21.7. The summed E-state index contributed by atoms with van der Waals surface area (Å²) >= 11 is 0. The Morgan fingerprint density at radius 2 is 1.63 bits per heavy atom. The standard InChI is InChI=1S/C53H73N5O9S/c1-35(2)31-56(68(61,62)41-23-21-39(63-12)22-24-41)33-47-45(57(53(10,11)66-47)50(60)67-51(5,6)7)29-37-17-19-38(20-18-37)55-28-26-40(32-55)65-46-16-14-13-15-44(46)58-48(49(59)64-34-36(3)4)42-30-52(8,9)27-25-43(42)54-58/h13-24,35-36,40,45,47H,25-34H2,1-12H3/t40-,45-,47+/m0/s1. The zero-order chi connectivity index (χ0) is 49.3. The number of para-hydroxylation sites is 2. The molecule has 3 heterocycles. The van der Waals surface area contributed by atoms with Crippen molar-refractivity contribution >= 4 is 27.8 Å². The van der Waals surface area contributed by atoms with Crippen molar-refractivity contribution < 1.29 is 41.7 Å². The van der Waals surface area contributed by atoms with E-state index in [9.17, 15) is 18.0 Å². The van der Waals surface area contributed by atoms with E-state index in [1.165, 1.54) is 11.4 Å². The molecule has 1 amide bonds. The van der Waals surface area contributed by atoms with E-state index in [-0.39, 0.29) is 47.3 Å². The first-order valence-electron chi connectivity index (χ1n) is 24.2. The van der Waals surface area contributed by atoms with Crippen LogP contribution >= 0.6 is 0 Å². The molecule has 14 nitrogen and oxygen atoms in total. The summed E-state index contributed by atoms with van der Waals surface area (Å²) in [6.45, 7) is 23.7. The Morgan fingerprint density at radius 3 is 2.28 bits per heavy atom. The van der Waals surface area contributed by atoms with E-state index >= 15 is 0 Å². The van der Waals surface area contributed by atoms with Crippen LogP contribution in [0.15, 0.2) is 77.7 Å². The summed E-state index contributed by atoms with van der Waals surface area (Å²) in [5, 5.41) is 5.03. The molecule has 7 rings (SSSR count). The first kappa shape index (κ1) is 50.7. The molecule has 3 aliphatic rings. The second kappa shape index (κ2) is 20.1. The average molecular weight is 956 g/mol. The normalized spacial score (nSPS) is 20.2. The summed E-state index contributed by atoms with van der Waals surface area (Å²) in [5.74, 6) is 1.07. The molecule has 370 valence electrons. The van der Waals surface area contributed by atoms with Crippen molar-refractivity contribution in [3.63, 3.8) is 0 Å². The monoisotopic (exact) mass is 956 g/mol. The summed E-state index contributed by atoms with van der Waals surface area (Å²) in [5.41, 5.74) is 3.26. The fourth-order valence-corrected chi connectivity index (χ4v) is 11.2. The quantitative estimate of drug-likeness (QED) is 0.0992. The van der Waals surface area contributed by atoms with E-state index in [1.54, 1.807) is 33.8 Å². The van der Waals surface area contributed by atoms with Crippen LogP contribution < -0.4 is 14.4 Å². The van der Waals surface area contributed by atoms with Crippen molar-refractivity contribution in [1.82, 2.24) is 19.0 Å². The summed E-state index contributed by atoms with van der Waals surface area (Å²) in [4.78, 5) is 31.9. The number of benzene rings is 3. The van der Waals surface area contributed by atoms with Gasteiger partial charge in [0.2, 0.25) is 10.0 Å². The molecular weight excluding hydrogens is 883 g/mol. The fraction of sp³-hybridized carbons (Fsp3) is 0.566. The number of anilines is 1. The molecule has 3 aromatic carbocycles. The number of fused-ring (bicyclic) bond motifs is 1. The third-order valence-electron chi connectivity index (χ3n) is 12.8. The van der Waals surface area contributed by atoms with Gasteiger partial charge in [0.25, 0.3) is 0 Å². The number of nitrogens with zero attached hydrogens (tertiary/aromatic N) is 5. The van der Waals surface area contributed by atoms with Crippen molar-refractivity contribution in [3.8, 4) is 17.2 Å². The third-order valence-corrected chi connectivity index (χ3v) is 14.6. The number of carbonyl (C=O) groups is 2. The number of aromatic nitrogens is 2. The zero-order valence-corrected chi connectivity index (χ0v) is 43.0. The Balaban J connectivity index is 1.10. The highest BCUT2D eigenvalue weighted by atomic mass is 32.2. The molecule has 1 aromatic heterocycles. The van der Waals surface area contributed by atoms with Gasteiger partial charge in [-0.25, -0.2) is 22.7 Å². The molecule has 2 aliphatic heterocycles. The van der Waals surface area contributed by atoms with Gasteiger partial charge in [-0.3, -0.25) is 4.90 Å². The van der Waals surface area contributed by atoms with Crippen molar-refractivity contribution in [2.75, 3.05) is 44.8 Å². The first-order chi connectivity index (χ1) is 31.9. The number of rotatable bonds is 16. The number of hydrogen-bond acceptors (Lipinski definition) is 11. The van der Waals surface area contributed by atoms with Gasteiger partial charge in [-0.2, -0.15) is 9.40 Å². The van der Waals surface area contributed by atoms with Crippen molar-refractivity contribution in [1.29, 1.82) is 0 Å². The lowest BCUT2D eigenvalue weighted by Gasteiger charge is -2.35. The number of amides is 1. The van der Waals surface area contributed by atoms with Gasteiger partial charge in [-0.05, 0) is 132 Å². The molecule has 2 fully saturated rings. The minimum atomic E-state index is -3.96. The molecule has 0 spiro atoms. The molecule has 2 saturated heterocycles. The van der Waals surface area contributed by atoms with Gasteiger partial charge in [-0.15, -0.1) is 0 Å². The summed E-state index contributed by atoms with van der Waals surface area (Å²) in [7, 11) is -2.42. The molecule has 0 radical (unpaired) electrons. The molecule has 68 heavy (non-hydrogen) atoms. The van der Waals surface area contributed by atoms with Crippen LogP contribution in [0.2, 0.25) is 0 Å². The third kappa shape index (κ3) is 11.7. The Hall–Kier alpha value is -5.12. The van der Waals surface area contributed by atoms with E-state index in [4.69, 9.17) is 28.8 Å². The first-order valence-corrected chi connectivity index (χ1v) is 25.6. The van der Waals surface area contributed by atoms with Crippen LogP contribution in [-0.4, -0.2) is 109 Å². The number of aryl methyl sites for hydroxylation is 1. The highest BCUT2D eigenvalue weighted by Crippen LogP contribution is 2.40. The van der Waals surface area contributed by atoms with E-state index < -0.39 is 39.6 Å². The van der Waals surface area contributed by atoms with Crippen LogP contribution in [0.3, 0.4) is 0 Å². The summed E-state index contributed by atoms with van der Waals surface area (Å²) in [6.07, 6.45) is 2.39. The molecule has 0 bridgehead atoms. The lowest BCUT2D eigenvalue weighted by Crippen LogP contribution is -2.52. The number of sulfonamides is 1. The Bertz CT molecular complexity index is 2510. The number of hydrogen-bond donors (Lipinski definition) is 0. The predicted octanol–water partition coefficient (Wildman–Crippen LogP) is 9.50. The van der Waals surface area contributed by atoms with Gasteiger partial charge in [0.1, 0.15) is 34.6 Å². The van der Waals surface area contributed by atoms with Crippen molar-refractivity contribution in [3.05, 3.63) is 95.3 Å². The predicted molar refractivity (Wildman–Crippen MR) is 263 cm³/mol. The summed E-state index contributed by atoms with van der Waals surface area (Å²) < 4.78 is 62.3. The largest absolute Gasteiger partial charge is 0.497 e. The lowest BCUT2D eigenvalue weighted by molar-refractivity contribution is -0.0807. The lowest BCUT2D eigenvalue weighted by atomic mass is 9.76. The maximum absolute atomic E-state index is 14.3. The molecule has 3 atom stereocenters. The highest BCUT2D eigenvalue weighted by Gasteiger charge is 2.52. The van der Waals surface area contributed by atoms with Gasteiger partial charge in [0.15, 0.2) is 5.69 Å². The Morgan fingerprint density at radius 1 is 0.941 bits per heavy atom. The number of carbonyl (C=O) groups excluding carboxylic acids is 2. The van der Waals surface area contributed by atoms with Gasteiger partial charge in [-0.1, -0.05) is 65.8 Å². The smallest absolute Gasteiger partial charge is 0.412 e. The van der Waals surface area contributed by atoms with Gasteiger partial charge in [0, 0.05) is 37.3 Å². The van der Waals surface area contributed by atoms with Gasteiger partial charge < -0.3 is 28.6 Å². The van der Waals surface area contributed by atoms with Crippen LogP contribution in [0.25, 0.3) is 5.69 Å². The van der Waals surface area contributed by atoms with E-state index in [0.717, 1.165) is 54.7 Å². The van der Waals surface area contributed by atoms with Crippen LogP contribution in [0.1, 0.15) is 116 Å². The maximum Gasteiger partial charge on any atom is 0.412 e. The topological polar surface area (TPSA) is 142 Å². The van der Waals surface area contributed by atoms with E-state index in [0.29, 0.717) is 42.5 Å². The molecule has 1 aliphatic carbocycles. The number of methoxy groups -OCH3 is 1. The second-order valence-corrected chi connectivity index (χ2v) is 23.7. The van der Waals surface area contributed by atoms with Crippen LogP contribution in [0, 0.1) is 17.3 Å². The van der Waals surface area contributed by atoms with Crippen molar-refractivity contribution in [2.24, 2.45) is 17.3 Å². The average Bonchev–Trinajstić information content (AvgIpc) is 3.95. The van der Waals surface area contributed by atoms with Crippen molar-refractivity contribution in [2.45, 2.75) is 143 Å². The molecule has 0 saturated carbocycles. The van der Waals surface area contributed by atoms with Gasteiger partial charge in [0.05, 0.1) is 43.0 Å².